The van der Waals surface area contributed by atoms with Crippen LogP contribution in [0.5, 0.6) is 0 Å². The highest BCUT2D eigenvalue weighted by Crippen LogP contribution is 2.26. The minimum atomic E-state index is -1.06. The third-order valence-corrected chi connectivity index (χ3v) is 3.06. The van der Waals surface area contributed by atoms with Crippen molar-refractivity contribution in [1.29, 1.82) is 0 Å². The SMILES string of the molecule is CC(C)(C)OC(=O)N1CC(c2ccccc2)=CC1C(=O)O. The Hall–Kier alpha value is -2.30. The Labute approximate surface area is 123 Å². The smallest absolute Gasteiger partial charge is 0.411 e. The Bertz CT molecular complexity index is 572. The number of aliphatic carboxylic acids is 1. The van der Waals surface area contributed by atoms with Crippen LogP contribution in [0.25, 0.3) is 5.57 Å². The topological polar surface area (TPSA) is 66.8 Å². The van der Waals surface area contributed by atoms with E-state index in [2.05, 4.69) is 0 Å². The molecule has 1 aliphatic rings. The van der Waals surface area contributed by atoms with Gasteiger partial charge in [0.25, 0.3) is 0 Å². The van der Waals surface area contributed by atoms with Gasteiger partial charge in [-0.2, -0.15) is 0 Å². The zero-order valence-corrected chi connectivity index (χ0v) is 12.4. The molecule has 112 valence electrons. The maximum atomic E-state index is 12.2. The molecule has 1 aromatic rings. The van der Waals surface area contributed by atoms with Crippen LogP contribution in [0.4, 0.5) is 4.79 Å². The van der Waals surface area contributed by atoms with E-state index in [-0.39, 0.29) is 6.54 Å². The van der Waals surface area contributed by atoms with E-state index in [9.17, 15) is 14.7 Å². The van der Waals surface area contributed by atoms with Crippen molar-refractivity contribution in [2.24, 2.45) is 0 Å². The zero-order valence-electron chi connectivity index (χ0n) is 12.4. The van der Waals surface area contributed by atoms with Crippen LogP contribution >= 0.6 is 0 Å². The van der Waals surface area contributed by atoms with Gasteiger partial charge in [0, 0.05) is 0 Å². The highest BCUT2D eigenvalue weighted by molar-refractivity contribution is 5.89. The minimum Gasteiger partial charge on any atom is -0.479 e. The molecule has 0 bridgehead atoms. The average molecular weight is 289 g/mol. The number of carboxylic acids is 1. The average Bonchev–Trinajstić information content (AvgIpc) is 2.83. The summed E-state index contributed by atoms with van der Waals surface area (Å²) in [6.45, 7) is 5.49. The number of carbonyl (C=O) groups excluding carboxylic acids is 1. The first-order chi connectivity index (χ1) is 9.78. The number of hydrogen-bond acceptors (Lipinski definition) is 3. The number of benzene rings is 1. The molecule has 0 saturated heterocycles. The molecular formula is C16H19NO4. The van der Waals surface area contributed by atoms with Gasteiger partial charge in [0.2, 0.25) is 0 Å². The molecule has 1 unspecified atom stereocenters. The molecule has 0 saturated carbocycles. The van der Waals surface area contributed by atoms with Crippen molar-refractivity contribution in [1.82, 2.24) is 4.90 Å². The van der Waals surface area contributed by atoms with E-state index in [4.69, 9.17) is 4.74 Å². The first kappa shape index (κ1) is 15.1. The lowest BCUT2D eigenvalue weighted by Gasteiger charge is -2.27. The van der Waals surface area contributed by atoms with Gasteiger partial charge in [-0.1, -0.05) is 30.3 Å². The standard InChI is InChI=1S/C16H19NO4/c1-16(2,3)21-15(20)17-10-12(9-13(17)14(18)19)11-7-5-4-6-8-11/h4-9,13H,10H2,1-3H3,(H,18,19). The zero-order chi connectivity index (χ0) is 15.6. The van der Waals surface area contributed by atoms with Gasteiger partial charge in [0.05, 0.1) is 6.54 Å². The van der Waals surface area contributed by atoms with Gasteiger partial charge < -0.3 is 9.84 Å². The highest BCUT2D eigenvalue weighted by Gasteiger charge is 2.36. The summed E-state index contributed by atoms with van der Waals surface area (Å²) < 4.78 is 5.28. The Morgan fingerprint density at radius 1 is 1.24 bits per heavy atom. The molecule has 5 nitrogen and oxygen atoms in total. The minimum absolute atomic E-state index is 0.232. The summed E-state index contributed by atoms with van der Waals surface area (Å²) >= 11 is 0. The summed E-state index contributed by atoms with van der Waals surface area (Å²) in [5.74, 6) is -1.06. The maximum Gasteiger partial charge on any atom is 0.411 e. The molecule has 21 heavy (non-hydrogen) atoms. The van der Waals surface area contributed by atoms with Gasteiger partial charge in [-0.25, -0.2) is 9.59 Å². The molecule has 1 aromatic carbocycles. The third kappa shape index (κ3) is 3.62. The number of carbonyl (C=O) groups is 2. The van der Waals surface area contributed by atoms with Gasteiger partial charge in [-0.05, 0) is 38.0 Å². The number of rotatable bonds is 2. The summed E-state index contributed by atoms with van der Waals surface area (Å²) in [6.07, 6.45) is 0.985. The van der Waals surface area contributed by atoms with E-state index in [1.165, 1.54) is 4.90 Å². The summed E-state index contributed by atoms with van der Waals surface area (Å²) in [7, 11) is 0. The molecule has 0 spiro atoms. The second-order valence-electron chi connectivity index (χ2n) is 5.95. The first-order valence-electron chi connectivity index (χ1n) is 6.76. The molecule has 1 aliphatic heterocycles. The van der Waals surface area contributed by atoms with E-state index in [1.807, 2.05) is 30.3 Å². The highest BCUT2D eigenvalue weighted by atomic mass is 16.6. The summed E-state index contributed by atoms with van der Waals surface area (Å²) in [6, 6.07) is 8.44. The van der Waals surface area contributed by atoms with E-state index in [1.54, 1.807) is 26.8 Å². The van der Waals surface area contributed by atoms with Gasteiger partial charge in [-0.15, -0.1) is 0 Å². The molecule has 1 amide bonds. The molecule has 1 atom stereocenters. The van der Waals surface area contributed by atoms with Gasteiger partial charge in [0.1, 0.15) is 5.60 Å². The fourth-order valence-corrected chi connectivity index (χ4v) is 2.16. The molecule has 0 aliphatic carbocycles. The molecule has 1 N–H and O–H groups in total. The predicted octanol–water partition coefficient (Wildman–Crippen LogP) is 2.77. The van der Waals surface area contributed by atoms with Gasteiger partial charge in [-0.3, -0.25) is 4.90 Å². The first-order valence-corrected chi connectivity index (χ1v) is 6.76. The lowest BCUT2D eigenvalue weighted by molar-refractivity contribution is -0.140. The van der Waals surface area contributed by atoms with Crippen LogP contribution in [0.1, 0.15) is 26.3 Å². The predicted molar refractivity (Wildman–Crippen MR) is 78.8 cm³/mol. The molecule has 0 radical (unpaired) electrons. The number of amides is 1. The van der Waals surface area contributed by atoms with Crippen LogP contribution < -0.4 is 0 Å². The van der Waals surface area contributed by atoms with Crippen molar-refractivity contribution in [2.45, 2.75) is 32.4 Å². The van der Waals surface area contributed by atoms with Crippen molar-refractivity contribution < 1.29 is 19.4 Å². The normalized spacial score (nSPS) is 18.3. The molecule has 2 rings (SSSR count). The van der Waals surface area contributed by atoms with Crippen LogP contribution in [0.2, 0.25) is 0 Å². The van der Waals surface area contributed by atoms with Crippen LogP contribution in [0, 0.1) is 0 Å². The van der Waals surface area contributed by atoms with E-state index >= 15 is 0 Å². The fraction of sp³-hybridized carbons (Fsp3) is 0.375. The van der Waals surface area contributed by atoms with E-state index in [0.29, 0.717) is 0 Å². The largest absolute Gasteiger partial charge is 0.479 e. The van der Waals surface area contributed by atoms with Gasteiger partial charge in [0.15, 0.2) is 6.04 Å². The van der Waals surface area contributed by atoms with Crippen LogP contribution in [0.15, 0.2) is 36.4 Å². The van der Waals surface area contributed by atoms with Crippen molar-refractivity contribution in [3.8, 4) is 0 Å². The Morgan fingerprint density at radius 2 is 1.86 bits per heavy atom. The monoisotopic (exact) mass is 289 g/mol. The quantitative estimate of drug-likeness (QED) is 0.909. The van der Waals surface area contributed by atoms with Crippen LogP contribution in [-0.4, -0.2) is 40.3 Å². The molecule has 0 aromatic heterocycles. The number of nitrogens with zero attached hydrogens (tertiary/aromatic N) is 1. The van der Waals surface area contributed by atoms with Gasteiger partial charge >= 0.3 is 12.1 Å². The van der Waals surface area contributed by atoms with Crippen molar-refractivity contribution in [2.75, 3.05) is 6.54 Å². The lowest BCUT2D eigenvalue weighted by Crippen LogP contribution is -2.43. The van der Waals surface area contributed by atoms with Crippen molar-refractivity contribution >= 4 is 17.6 Å². The fourth-order valence-electron chi connectivity index (χ4n) is 2.16. The molecule has 1 heterocycles. The lowest BCUT2D eigenvalue weighted by atomic mass is 10.1. The third-order valence-electron chi connectivity index (χ3n) is 3.06. The second kappa shape index (κ2) is 5.60. The molecular weight excluding hydrogens is 270 g/mol. The Morgan fingerprint density at radius 3 is 2.38 bits per heavy atom. The summed E-state index contributed by atoms with van der Waals surface area (Å²) in [5, 5.41) is 9.30. The maximum absolute atomic E-state index is 12.2. The number of carboxylic acid groups (broad SMARTS) is 1. The second-order valence-corrected chi connectivity index (χ2v) is 5.95. The Balaban J connectivity index is 2.22. The van der Waals surface area contributed by atoms with E-state index < -0.39 is 23.7 Å². The van der Waals surface area contributed by atoms with E-state index in [0.717, 1.165) is 11.1 Å². The summed E-state index contributed by atoms with van der Waals surface area (Å²) in [4.78, 5) is 24.8. The molecule has 5 heteroatoms. The van der Waals surface area contributed by atoms with Crippen LogP contribution in [-0.2, 0) is 9.53 Å². The number of ether oxygens (including phenoxy) is 1. The van der Waals surface area contributed by atoms with Crippen molar-refractivity contribution in [3.63, 3.8) is 0 Å². The number of hydrogen-bond donors (Lipinski definition) is 1. The summed E-state index contributed by atoms with van der Waals surface area (Å²) in [5.41, 5.74) is 1.07. The van der Waals surface area contributed by atoms with Crippen LogP contribution in [0.3, 0.4) is 0 Å². The molecule has 0 fully saturated rings. The van der Waals surface area contributed by atoms with Crippen molar-refractivity contribution in [3.05, 3.63) is 42.0 Å². The Kier molecular flexibility index (Phi) is 4.02.